The van der Waals surface area contributed by atoms with Gasteiger partial charge in [0.25, 0.3) is 0 Å². The third-order valence-electron chi connectivity index (χ3n) is 3.32. The van der Waals surface area contributed by atoms with Crippen molar-refractivity contribution in [1.82, 2.24) is 0 Å². The van der Waals surface area contributed by atoms with Crippen LogP contribution in [0.5, 0.6) is 11.5 Å². The van der Waals surface area contributed by atoms with Crippen molar-refractivity contribution in [3.63, 3.8) is 0 Å². The van der Waals surface area contributed by atoms with E-state index in [2.05, 4.69) is 0 Å². The van der Waals surface area contributed by atoms with Crippen LogP contribution < -0.4 is 9.47 Å². The molecule has 0 unspecified atom stereocenters. The number of ketones is 1. The number of methoxy groups -OCH3 is 2. The molecule has 0 atom stereocenters. The topological polar surface area (TPSA) is 35.5 Å². The molecule has 2 rings (SSSR count). The lowest BCUT2D eigenvalue weighted by Gasteiger charge is -2.12. The minimum atomic E-state index is 0.0232. The summed E-state index contributed by atoms with van der Waals surface area (Å²) in [4.78, 5) is 12.5. The summed E-state index contributed by atoms with van der Waals surface area (Å²) >= 11 is 0. The van der Waals surface area contributed by atoms with E-state index in [-0.39, 0.29) is 5.78 Å². The van der Waals surface area contributed by atoms with Crippen molar-refractivity contribution < 1.29 is 14.3 Å². The number of benzene rings is 2. The molecule has 0 N–H and O–H groups in total. The molecule has 0 aliphatic carbocycles. The minimum absolute atomic E-state index is 0.0232. The normalized spacial score (nSPS) is 10.2. The van der Waals surface area contributed by atoms with Gasteiger partial charge >= 0.3 is 0 Å². The van der Waals surface area contributed by atoms with Gasteiger partial charge in [-0.1, -0.05) is 30.3 Å². The fraction of sp³-hybridized carbons (Fsp3) is 0.235. The molecule has 0 heterocycles. The zero-order chi connectivity index (χ0) is 14.5. The highest BCUT2D eigenvalue weighted by atomic mass is 16.5. The van der Waals surface area contributed by atoms with Crippen LogP contribution in [0, 0.1) is 6.92 Å². The van der Waals surface area contributed by atoms with E-state index in [0.717, 1.165) is 11.1 Å². The Balaban J connectivity index is 2.32. The van der Waals surface area contributed by atoms with Crippen molar-refractivity contribution in [3.8, 4) is 11.5 Å². The first-order valence-electron chi connectivity index (χ1n) is 6.46. The van der Waals surface area contributed by atoms with Gasteiger partial charge in [-0.05, 0) is 30.2 Å². The molecule has 0 spiro atoms. The molecule has 0 saturated heterocycles. The predicted molar refractivity (Wildman–Crippen MR) is 78.8 cm³/mol. The quantitative estimate of drug-likeness (QED) is 0.781. The number of carbonyl (C=O) groups excluding carboxylic acids is 1. The molecule has 104 valence electrons. The molecule has 3 nitrogen and oxygen atoms in total. The summed E-state index contributed by atoms with van der Waals surface area (Å²) in [5.41, 5.74) is 2.69. The summed E-state index contributed by atoms with van der Waals surface area (Å²) in [7, 11) is 3.11. The second-order valence-electron chi connectivity index (χ2n) is 4.57. The van der Waals surface area contributed by atoms with Gasteiger partial charge in [-0.3, -0.25) is 4.79 Å². The van der Waals surface area contributed by atoms with Gasteiger partial charge < -0.3 is 9.47 Å². The maximum atomic E-state index is 12.5. The van der Waals surface area contributed by atoms with Gasteiger partial charge in [-0.15, -0.1) is 0 Å². The summed E-state index contributed by atoms with van der Waals surface area (Å²) in [6, 6.07) is 13.2. The number of rotatable bonds is 5. The zero-order valence-corrected chi connectivity index (χ0v) is 12.0. The first-order chi connectivity index (χ1) is 9.67. The van der Waals surface area contributed by atoms with E-state index in [0.29, 0.717) is 23.5 Å². The van der Waals surface area contributed by atoms with E-state index < -0.39 is 0 Å². The molecule has 2 aromatic carbocycles. The Labute approximate surface area is 119 Å². The Morgan fingerprint density at radius 1 is 1.00 bits per heavy atom. The molecule has 0 saturated carbocycles. The highest BCUT2D eigenvalue weighted by molar-refractivity contribution is 6.00. The number of ether oxygens (including phenoxy) is 2. The van der Waals surface area contributed by atoms with E-state index in [9.17, 15) is 4.79 Å². The molecular formula is C17H18O3. The standard InChI is InChI=1S/C17H18O3/c1-12-7-4-5-8-13(12)11-15(18)14-9-6-10-16(19-2)17(14)20-3/h4-10H,11H2,1-3H3. The van der Waals surface area contributed by atoms with Crippen LogP contribution in [-0.4, -0.2) is 20.0 Å². The largest absolute Gasteiger partial charge is 0.493 e. The van der Waals surface area contributed by atoms with Crippen LogP contribution in [0.2, 0.25) is 0 Å². The van der Waals surface area contributed by atoms with Crippen molar-refractivity contribution in [1.29, 1.82) is 0 Å². The monoisotopic (exact) mass is 270 g/mol. The highest BCUT2D eigenvalue weighted by Crippen LogP contribution is 2.31. The van der Waals surface area contributed by atoms with Crippen LogP contribution in [0.15, 0.2) is 42.5 Å². The van der Waals surface area contributed by atoms with Gasteiger partial charge in [-0.25, -0.2) is 0 Å². The van der Waals surface area contributed by atoms with Gasteiger partial charge in [0.2, 0.25) is 0 Å². The van der Waals surface area contributed by atoms with Crippen LogP contribution in [0.4, 0.5) is 0 Å². The van der Waals surface area contributed by atoms with Crippen LogP contribution in [-0.2, 0) is 6.42 Å². The van der Waals surface area contributed by atoms with Crippen molar-refractivity contribution in [3.05, 3.63) is 59.2 Å². The summed E-state index contributed by atoms with van der Waals surface area (Å²) in [5.74, 6) is 1.09. The average Bonchev–Trinajstić information content (AvgIpc) is 2.48. The third kappa shape index (κ3) is 2.82. The Morgan fingerprint density at radius 3 is 2.40 bits per heavy atom. The molecule has 0 amide bonds. The van der Waals surface area contributed by atoms with Crippen LogP contribution in [0.25, 0.3) is 0 Å². The number of para-hydroxylation sites is 1. The number of carbonyl (C=O) groups is 1. The summed E-state index contributed by atoms with van der Waals surface area (Å²) in [6.07, 6.45) is 0.357. The van der Waals surface area contributed by atoms with Crippen molar-refractivity contribution in [2.75, 3.05) is 14.2 Å². The molecule has 3 heteroatoms. The Morgan fingerprint density at radius 2 is 1.75 bits per heavy atom. The second-order valence-corrected chi connectivity index (χ2v) is 4.57. The van der Waals surface area contributed by atoms with Crippen molar-refractivity contribution in [2.45, 2.75) is 13.3 Å². The first kappa shape index (κ1) is 14.1. The molecule has 0 aromatic heterocycles. The molecule has 20 heavy (non-hydrogen) atoms. The summed E-state index contributed by atoms with van der Waals surface area (Å²) in [5, 5.41) is 0. The second kappa shape index (κ2) is 6.24. The third-order valence-corrected chi connectivity index (χ3v) is 3.32. The molecular weight excluding hydrogens is 252 g/mol. The number of Topliss-reactive ketones (excluding diaryl/α,β-unsaturated/α-hetero) is 1. The Bertz CT molecular complexity index is 617. The van der Waals surface area contributed by atoms with Gasteiger partial charge in [0.05, 0.1) is 19.8 Å². The molecule has 0 fully saturated rings. The molecule has 0 aliphatic rings. The fourth-order valence-electron chi connectivity index (χ4n) is 2.18. The van der Waals surface area contributed by atoms with E-state index in [1.54, 1.807) is 32.4 Å². The lowest BCUT2D eigenvalue weighted by Crippen LogP contribution is -2.07. The van der Waals surface area contributed by atoms with Gasteiger partial charge in [0.15, 0.2) is 17.3 Å². The number of hydrogen-bond donors (Lipinski definition) is 0. The maximum Gasteiger partial charge on any atom is 0.171 e. The van der Waals surface area contributed by atoms with Crippen molar-refractivity contribution in [2.24, 2.45) is 0 Å². The van der Waals surface area contributed by atoms with E-state index >= 15 is 0 Å². The molecule has 2 aromatic rings. The lowest BCUT2D eigenvalue weighted by molar-refractivity contribution is 0.0989. The predicted octanol–water partition coefficient (Wildman–Crippen LogP) is 3.44. The minimum Gasteiger partial charge on any atom is -0.493 e. The lowest BCUT2D eigenvalue weighted by atomic mass is 9.99. The Hall–Kier alpha value is -2.29. The van der Waals surface area contributed by atoms with Crippen LogP contribution in [0.3, 0.4) is 0 Å². The fourth-order valence-corrected chi connectivity index (χ4v) is 2.18. The SMILES string of the molecule is COc1cccc(C(=O)Cc2ccccc2C)c1OC. The van der Waals surface area contributed by atoms with Crippen molar-refractivity contribution >= 4 is 5.78 Å². The van der Waals surface area contributed by atoms with Gasteiger partial charge in [0.1, 0.15) is 0 Å². The molecule has 0 bridgehead atoms. The molecule has 0 radical (unpaired) electrons. The van der Waals surface area contributed by atoms with Gasteiger partial charge in [-0.2, -0.15) is 0 Å². The summed E-state index contributed by atoms with van der Waals surface area (Å²) < 4.78 is 10.5. The number of hydrogen-bond acceptors (Lipinski definition) is 3. The van der Waals surface area contributed by atoms with E-state index in [4.69, 9.17) is 9.47 Å². The zero-order valence-electron chi connectivity index (χ0n) is 12.0. The van der Waals surface area contributed by atoms with Crippen LogP contribution >= 0.6 is 0 Å². The van der Waals surface area contributed by atoms with E-state index in [1.807, 2.05) is 31.2 Å². The highest BCUT2D eigenvalue weighted by Gasteiger charge is 2.17. The molecule has 0 aliphatic heterocycles. The van der Waals surface area contributed by atoms with Crippen LogP contribution in [0.1, 0.15) is 21.5 Å². The smallest absolute Gasteiger partial charge is 0.171 e. The van der Waals surface area contributed by atoms with Gasteiger partial charge in [0, 0.05) is 6.42 Å². The van der Waals surface area contributed by atoms with E-state index in [1.165, 1.54) is 0 Å². The number of aryl methyl sites for hydroxylation is 1. The Kier molecular flexibility index (Phi) is 4.41. The first-order valence-corrected chi connectivity index (χ1v) is 6.46. The summed E-state index contributed by atoms with van der Waals surface area (Å²) in [6.45, 7) is 2.01. The average molecular weight is 270 g/mol. The maximum absolute atomic E-state index is 12.5.